The molecule has 3 aliphatic rings. The third-order valence-electron chi connectivity index (χ3n) is 7.37. The number of likely N-dealkylation sites (tertiary alicyclic amines) is 1. The number of ether oxygens (including phenoxy) is 1. The molecule has 198 valence electrons. The summed E-state index contributed by atoms with van der Waals surface area (Å²) in [5.41, 5.74) is 0. The second-order valence-electron chi connectivity index (χ2n) is 9.59. The lowest BCUT2D eigenvalue weighted by molar-refractivity contribution is -0.136. The van der Waals surface area contributed by atoms with Gasteiger partial charge in [0.15, 0.2) is 5.78 Å². The number of aliphatic hydroxyl groups excluding tert-OH is 1. The topological polar surface area (TPSA) is 120 Å². The minimum absolute atomic E-state index is 0.0122. The number of hydrogen-bond acceptors (Lipinski definition) is 8. The Balaban J connectivity index is 1.36. The molecule has 0 aliphatic carbocycles. The van der Waals surface area contributed by atoms with Crippen LogP contribution in [0.15, 0.2) is 47.5 Å². The molecule has 1 aromatic heterocycles. The summed E-state index contributed by atoms with van der Waals surface area (Å²) in [6, 6.07) is 6.25. The highest BCUT2D eigenvalue weighted by Gasteiger charge is 2.53. The van der Waals surface area contributed by atoms with Crippen LogP contribution in [0.5, 0.6) is 11.6 Å². The van der Waals surface area contributed by atoms with E-state index in [4.69, 9.17) is 4.74 Å². The first kappa shape index (κ1) is 25.7. The van der Waals surface area contributed by atoms with Crippen molar-refractivity contribution in [2.24, 2.45) is 0 Å². The highest BCUT2D eigenvalue weighted by molar-refractivity contribution is 7.89. The van der Waals surface area contributed by atoms with Gasteiger partial charge in [-0.2, -0.15) is 4.31 Å². The molecule has 5 rings (SSSR count). The van der Waals surface area contributed by atoms with Crippen LogP contribution in [0.2, 0.25) is 0 Å². The maximum absolute atomic E-state index is 13.7. The highest BCUT2D eigenvalue weighted by atomic mass is 32.2. The van der Waals surface area contributed by atoms with Crippen molar-refractivity contribution in [1.29, 1.82) is 0 Å². The molecular formula is C25H29FN4O6S. The Bertz CT molecular complexity index is 1250. The minimum Gasteiger partial charge on any atom is -0.439 e. The van der Waals surface area contributed by atoms with Gasteiger partial charge in [0.05, 0.1) is 12.7 Å². The second-order valence-corrected chi connectivity index (χ2v) is 11.5. The van der Waals surface area contributed by atoms with Gasteiger partial charge >= 0.3 is 0 Å². The Hall–Kier alpha value is -2.93. The fourth-order valence-electron chi connectivity index (χ4n) is 5.54. The summed E-state index contributed by atoms with van der Waals surface area (Å²) < 4.78 is 47.1. The molecule has 3 atom stereocenters. The number of Topliss-reactive ketones (excluding diaryl/α,β-unsaturated/α-hetero) is 1. The molecule has 1 amide bonds. The summed E-state index contributed by atoms with van der Waals surface area (Å²) in [5, 5.41) is 9.69. The molecule has 0 radical (unpaired) electrons. The van der Waals surface area contributed by atoms with E-state index >= 15 is 0 Å². The molecule has 3 aliphatic heterocycles. The normalized spacial score (nSPS) is 24.4. The number of rotatable bonds is 8. The molecule has 2 aromatic rings. The van der Waals surface area contributed by atoms with Gasteiger partial charge in [-0.3, -0.25) is 14.5 Å². The first-order chi connectivity index (χ1) is 17.8. The van der Waals surface area contributed by atoms with Gasteiger partial charge in [0, 0.05) is 37.8 Å². The van der Waals surface area contributed by atoms with E-state index in [0.717, 1.165) is 36.4 Å². The quantitative estimate of drug-likeness (QED) is 0.542. The molecule has 4 heterocycles. The van der Waals surface area contributed by atoms with Crippen LogP contribution in [-0.4, -0.2) is 95.2 Å². The third-order valence-corrected chi connectivity index (χ3v) is 9.20. The van der Waals surface area contributed by atoms with Crippen LogP contribution < -0.4 is 4.74 Å². The Morgan fingerprint density at radius 3 is 2.46 bits per heavy atom. The van der Waals surface area contributed by atoms with Crippen LogP contribution in [-0.2, 0) is 19.6 Å². The zero-order chi connectivity index (χ0) is 26.2. The number of aliphatic hydroxyl groups is 1. The molecule has 12 heteroatoms. The van der Waals surface area contributed by atoms with Crippen molar-refractivity contribution in [3.63, 3.8) is 0 Å². The second kappa shape index (κ2) is 10.4. The van der Waals surface area contributed by atoms with E-state index in [-0.39, 0.29) is 35.8 Å². The van der Waals surface area contributed by atoms with Gasteiger partial charge in [-0.15, -0.1) is 0 Å². The number of amides is 1. The average Bonchev–Trinajstić information content (AvgIpc) is 3.52. The largest absolute Gasteiger partial charge is 0.439 e. The third kappa shape index (κ3) is 5.11. The number of nitrogens with zero attached hydrogens (tertiary/aromatic N) is 4. The van der Waals surface area contributed by atoms with Crippen molar-refractivity contribution in [2.75, 3.05) is 32.8 Å². The van der Waals surface area contributed by atoms with Gasteiger partial charge in [0.25, 0.3) is 0 Å². The SMILES string of the molecule is O=C(CO)[C@H]1[C@@H]2CC[C@H](CN1S(=O)(=O)c1ccc(Oc3ccc(F)cc3)nc1)N2CC(=O)N1CCCC1. The molecule has 3 fully saturated rings. The van der Waals surface area contributed by atoms with Gasteiger partial charge in [-0.25, -0.2) is 17.8 Å². The molecule has 3 saturated heterocycles. The lowest BCUT2D eigenvalue weighted by Gasteiger charge is -2.45. The summed E-state index contributed by atoms with van der Waals surface area (Å²) >= 11 is 0. The summed E-state index contributed by atoms with van der Waals surface area (Å²) in [6.07, 6.45) is 4.31. The van der Waals surface area contributed by atoms with Crippen LogP contribution in [0, 0.1) is 5.82 Å². The molecule has 1 aromatic carbocycles. The Morgan fingerprint density at radius 2 is 1.81 bits per heavy atom. The fraction of sp³-hybridized carbons (Fsp3) is 0.480. The van der Waals surface area contributed by atoms with Gasteiger partial charge in [0.1, 0.15) is 29.1 Å². The van der Waals surface area contributed by atoms with Gasteiger partial charge < -0.3 is 14.7 Å². The molecule has 37 heavy (non-hydrogen) atoms. The first-order valence-corrected chi connectivity index (χ1v) is 13.8. The zero-order valence-electron chi connectivity index (χ0n) is 20.2. The first-order valence-electron chi connectivity index (χ1n) is 12.4. The number of carbonyl (C=O) groups excluding carboxylic acids is 2. The smallest absolute Gasteiger partial charge is 0.245 e. The van der Waals surface area contributed by atoms with Gasteiger partial charge in [0.2, 0.25) is 21.8 Å². The van der Waals surface area contributed by atoms with E-state index in [0.29, 0.717) is 18.6 Å². The number of sulfonamides is 1. The van der Waals surface area contributed by atoms with E-state index < -0.39 is 40.3 Å². The van der Waals surface area contributed by atoms with Crippen molar-refractivity contribution in [3.8, 4) is 11.6 Å². The fourth-order valence-corrected chi connectivity index (χ4v) is 7.16. The zero-order valence-corrected chi connectivity index (χ0v) is 21.0. The number of benzene rings is 1. The summed E-state index contributed by atoms with van der Waals surface area (Å²) in [5.74, 6) is -0.560. The molecule has 0 saturated carbocycles. The van der Waals surface area contributed by atoms with Crippen LogP contribution in [0.25, 0.3) is 0 Å². The number of pyridine rings is 1. The van der Waals surface area contributed by atoms with Gasteiger partial charge in [-0.1, -0.05) is 0 Å². The van der Waals surface area contributed by atoms with E-state index in [1.807, 2.05) is 9.80 Å². The van der Waals surface area contributed by atoms with Crippen LogP contribution in [0.3, 0.4) is 0 Å². The molecule has 10 nitrogen and oxygen atoms in total. The maximum atomic E-state index is 13.7. The standard InChI is InChI=1S/C25H29FN4O6S/c26-17-3-6-19(7-4-17)36-23-10-8-20(13-27-23)37(34,35)30-14-18-5-9-21(25(30)22(32)16-31)29(18)15-24(33)28-11-1-2-12-28/h3-4,6-8,10,13,18,21,25,31H,1-2,5,9,11-12,14-16H2/t18-,21+,25-/m1/s1. The molecule has 0 spiro atoms. The number of piperazine rings is 1. The van der Waals surface area contributed by atoms with Gasteiger partial charge in [-0.05, 0) is 56.0 Å². The maximum Gasteiger partial charge on any atom is 0.245 e. The lowest BCUT2D eigenvalue weighted by Crippen LogP contribution is -2.65. The van der Waals surface area contributed by atoms with Crippen LogP contribution in [0.1, 0.15) is 25.7 Å². The Morgan fingerprint density at radius 1 is 1.08 bits per heavy atom. The summed E-state index contributed by atoms with van der Waals surface area (Å²) in [7, 11) is -4.14. The predicted octanol–water partition coefficient (Wildman–Crippen LogP) is 1.40. The number of carbonyl (C=O) groups is 2. The summed E-state index contributed by atoms with van der Waals surface area (Å²) in [6.45, 7) is 0.810. The summed E-state index contributed by atoms with van der Waals surface area (Å²) in [4.78, 5) is 33.4. The molecule has 1 N–H and O–H groups in total. The monoisotopic (exact) mass is 532 g/mol. The average molecular weight is 533 g/mol. The van der Waals surface area contributed by atoms with Crippen LogP contribution >= 0.6 is 0 Å². The van der Waals surface area contributed by atoms with E-state index in [9.17, 15) is 27.5 Å². The van der Waals surface area contributed by atoms with Crippen LogP contribution in [0.4, 0.5) is 4.39 Å². The number of fused-ring (bicyclic) bond motifs is 2. The highest BCUT2D eigenvalue weighted by Crippen LogP contribution is 2.37. The number of aromatic nitrogens is 1. The Labute approximate surface area is 214 Å². The lowest BCUT2D eigenvalue weighted by atomic mass is 10.0. The number of halogens is 1. The molecule has 2 bridgehead atoms. The molecular weight excluding hydrogens is 503 g/mol. The van der Waals surface area contributed by atoms with Crippen molar-refractivity contribution in [2.45, 2.75) is 48.7 Å². The Kier molecular flexibility index (Phi) is 7.26. The number of ketones is 1. The predicted molar refractivity (Wildman–Crippen MR) is 130 cm³/mol. The number of hydrogen-bond donors (Lipinski definition) is 1. The van der Waals surface area contributed by atoms with Crippen molar-refractivity contribution < 1.29 is 32.2 Å². The van der Waals surface area contributed by atoms with E-state index in [1.165, 1.54) is 36.4 Å². The van der Waals surface area contributed by atoms with Crippen molar-refractivity contribution in [3.05, 3.63) is 48.4 Å². The van der Waals surface area contributed by atoms with Crippen molar-refractivity contribution >= 4 is 21.7 Å². The van der Waals surface area contributed by atoms with E-state index in [2.05, 4.69) is 4.98 Å². The minimum atomic E-state index is -4.14. The van der Waals surface area contributed by atoms with E-state index in [1.54, 1.807) is 0 Å². The molecule has 0 unspecified atom stereocenters. The van der Waals surface area contributed by atoms with Crippen molar-refractivity contribution in [1.82, 2.24) is 19.1 Å².